The number of aliphatic carboxylic acids is 1. The lowest BCUT2D eigenvalue weighted by Crippen LogP contribution is -2.70. The molecular weight excluding hydrogens is 666 g/mol. The van der Waals surface area contributed by atoms with Gasteiger partial charge in [-0.15, -0.1) is 0 Å². The van der Waals surface area contributed by atoms with Crippen LogP contribution < -0.4 is 5.82 Å². The van der Waals surface area contributed by atoms with Crippen molar-refractivity contribution < 1.29 is 42.6 Å². The minimum Gasteiger partial charge on any atom is -0.481 e. The average molecular weight is 724 g/mol. The molecule has 5 aliphatic carbocycles. The van der Waals surface area contributed by atoms with E-state index < -0.39 is 45.5 Å². The third-order valence-corrected chi connectivity index (χ3v) is 16.5. The molecule has 286 valence electrons. The maximum absolute atomic E-state index is 15.0. The number of fused-ring (bicyclic) bond motifs is 7. The summed E-state index contributed by atoms with van der Waals surface area (Å²) in [5.74, 6) is -2.47. The summed E-state index contributed by atoms with van der Waals surface area (Å²) >= 11 is 0. The van der Waals surface area contributed by atoms with E-state index in [4.69, 9.17) is 18.3 Å². The van der Waals surface area contributed by atoms with Crippen LogP contribution >= 0.6 is 0 Å². The molecule has 0 aromatic carbocycles. The number of esters is 2. The molecule has 0 unspecified atom stereocenters. The van der Waals surface area contributed by atoms with Gasteiger partial charge >= 0.3 is 23.7 Å². The topological polar surface area (TPSA) is 154 Å². The van der Waals surface area contributed by atoms with Crippen LogP contribution in [0.4, 0.5) is 0 Å². The number of nitrogens with zero attached hydrogens (tertiary/aromatic N) is 1. The van der Waals surface area contributed by atoms with Gasteiger partial charge in [0.25, 0.3) is 0 Å². The van der Waals surface area contributed by atoms with E-state index in [1.54, 1.807) is 6.92 Å². The van der Waals surface area contributed by atoms with Crippen molar-refractivity contribution in [2.45, 2.75) is 138 Å². The molecule has 5 fully saturated rings. The number of carbonyl (C=O) groups is 4. The second-order valence-corrected chi connectivity index (χ2v) is 18.8. The highest BCUT2D eigenvalue weighted by atomic mass is 16.6. The molecule has 0 amide bonds. The summed E-state index contributed by atoms with van der Waals surface area (Å²) in [7, 11) is 1.40. The Hall–Kier alpha value is -3.21. The van der Waals surface area contributed by atoms with Gasteiger partial charge in [-0.2, -0.15) is 0 Å². The number of rotatable bonds is 6. The number of carboxylic acids is 1. The van der Waals surface area contributed by atoms with Crippen molar-refractivity contribution in [1.82, 2.24) is 4.90 Å². The predicted molar refractivity (Wildman–Crippen MR) is 189 cm³/mol. The summed E-state index contributed by atoms with van der Waals surface area (Å²) in [5.41, 5.74) is -2.13. The van der Waals surface area contributed by atoms with Crippen LogP contribution in [0.3, 0.4) is 0 Å². The molecule has 11 heteroatoms. The maximum atomic E-state index is 15.0. The van der Waals surface area contributed by atoms with E-state index in [0.717, 1.165) is 37.7 Å². The van der Waals surface area contributed by atoms with Gasteiger partial charge in [-0.1, -0.05) is 33.3 Å². The van der Waals surface area contributed by atoms with Crippen molar-refractivity contribution in [3.8, 4) is 0 Å². The number of methoxy groups -OCH3 is 1. The number of ether oxygens (including phenoxy) is 2. The Morgan fingerprint density at radius 3 is 2.31 bits per heavy atom. The molecule has 0 radical (unpaired) electrons. The molecule has 7 rings (SSSR count). The fraction of sp³-hybridized carbons (Fsp3) is 0.780. The van der Waals surface area contributed by atoms with E-state index in [1.165, 1.54) is 7.11 Å². The molecule has 1 aliphatic heterocycles. The second kappa shape index (κ2) is 12.2. The number of carboxylic acid groups (broad SMARTS) is 1. The van der Waals surface area contributed by atoms with Crippen LogP contribution in [0.25, 0.3) is 0 Å². The molecule has 11 atom stereocenters. The molecule has 2 heterocycles. The van der Waals surface area contributed by atoms with Gasteiger partial charge in [0.05, 0.1) is 17.9 Å². The zero-order chi connectivity index (χ0) is 37.8. The highest BCUT2D eigenvalue weighted by Gasteiger charge is 2.72. The van der Waals surface area contributed by atoms with Crippen LogP contribution in [-0.4, -0.2) is 59.4 Å². The zero-order valence-corrected chi connectivity index (χ0v) is 32.2. The average Bonchev–Trinajstić information content (AvgIpc) is 3.70. The maximum Gasteiger partial charge on any atom is 0.519 e. The summed E-state index contributed by atoms with van der Waals surface area (Å²) in [6.45, 7) is 14.9. The fourth-order valence-electron chi connectivity index (χ4n) is 13.2. The second-order valence-electron chi connectivity index (χ2n) is 18.8. The van der Waals surface area contributed by atoms with E-state index in [0.29, 0.717) is 45.1 Å². The molecule has 1 aromatic rings. The molecule has 11 nitrogen and oxygen atoms in total. The minimum absolute atomic E-state index is 0.0150. The number of ketones is 1. The highest BCUT2D eigenvalue weighted by molar-refractivity contribution is 5.96. The summed E-state index contributed by atoms with van der Waals surface area (Å²) < 4.78 is 21.5. The first-order valence-corrected chi connectivity index (χ1v) is 19.4. The lowest BCUT2D eigenvalue weighted by molar-refractivity contribution is -0.213. The molecular formula is C41H57NO10. The standard InChI is InChI=1S/C41H57NO10/c1-23-28(52-35(48)51-23)22-50-34(47)41(7)29-11-14-40(6)31(38(29,4)13-12-30(41)42-19-9-10-26(42)32(44)49-8)27(43)20-24-25-21-37(3,33(45)46)16-15-36(25,2)17-18-39(24,40)5/h20,25-26,29-31H,9-19,21-22H2,1-8H3,(H,45,46)/t25-,26-,29+,30-,31+,36+,37-,38-,39+,40+,41-/m0/s1. The van der Waals surface area contributed by atoms with Crippen molar-refractivity contribution in [3.63, 3.8) is 0 Å². The van der Waals surface area contributed by atoms with E-state index in [9.17, 15) is 29.1 Å². The van der Waals surface area contributed by atoms with Gasteiger partial charge in [0, 0.05) is 12.0 Å². The minimum atomic E-state index is -1.11. The normalized spacial score (nSPS) is 44.4. The third-order valence-electron chi connectivity index (χ3n) is 16.5. The molecule has 0 spiro atoms. The SMILES string of the molecule is COC(=O)[C@@H]1CCCN1[C@H]1CC[C@@]2(C)[C@@H](CC[C@]3(C)[C@@H]2C(=O)C=C2[C@@H]4C[C@@](C)(C(=O)O)CC[C@]4(C)CC[C@]23C)[C@]1(C)C(=O)OCc1oc(=O)oc1C. The van der Waals surface area contributed by atoms with Crippen molar-refractivity contribution in [3.05, 3.63) is 33.8 Å². The van der Waals surface area contributed by atoms with Crippen molar-refractivity contribution in [1.29, 1.82) is 0 Å². The largest absolute Gasteiger partial charge is 0.519 e. The van der Waals surface area contributed by atoms with Crippen LogP contribution in [0.15, 0.2) is 25.3 Å². The van der Waals surface area contributed by atoms with Crippen LogP contribution in [0.1, 0.15) is 124 Å². The monoisotopic (exact) mass is 723 g/mol. The Morgan fingerprint density at radius 2 is 1.65 bits per heavy atom. The number of hydrogen-bond acceptors (Lipinski definition) is 10. The molecule has 1 aromatic heterocycles. The first kappa shape index (κ1) is 37.1. The van der Waals surface area contributed by atoms with E-state index in [1.807, 2.05) is 19.9 Å². The van der Waals surface area contributed by atoms with Crippen LogP contribution in [0.5, 0.6) is 0 Å². The first-order chi connectivity index (χ1) is 24.3. The number of likely N-dealkylation sites (tertiary alicyclic amines) is 1. The van der Waals surface area contributed by atoms with Crippen molar-refractivity contribution in [2.75, 3.05) is 13.7 Å². The van der Waals surface area contributed by atoms with Gasteiger partial charge in [-0.3, -0.25) is 24.1 Å². The van der Waals surface area contributed by atoms with Crippen LogP contribution in [0, 0.1) is 57.2 Å². The summed E-state index contributed by atoms with van der Waals surface area (Å²) in [6.07, 6.45) is 10.00. The van der Waals surface area contributed by atoms with Gasteiger partial charge in [-0.05, 0) is 138 Å². The lowest BCUT2D eigenvalue weighted by Gasteiger charge is -2.70. The van der Waals surface area contributed by atoms with E-state index in [-0.39, 0.29) is 64.5 Å². The number of allylic oxidation sites excluding steroid dienone is 2. The first-order valence-electron chi connectivity index (χ1n) is 19.4. The van der Waals surface area contributed by atoms with Crippen LogP contribution in [0.2, 0.25) is 0 Å². The van der Waals surface area contributed by atoms with Gasteiger partial charge in [-0.25, -0.2) is 4.79 Å². The molecule has 52 heavy (non-hydrogen) atoms. The molecule has 1 saturated heterocycles. The van der Waals surface area contributed by atoms with Gasteiger partial charge in [0.2, 0.25) is 0 Å². The Bertz CT molecular complexity index is 1780. The Balaban J connectivity index is 1.29. The quantitative estimate of drug-likeness (QED) is 0.315. The number of hydrogen-bond donors (Lipinski definition) is 1. The summed E-state index contributed by atoms with van der Waals surface area (Å²) in [6, 6.07) is -0.808. The van der Waals surface area contributed by atoms with Gasteiger partial charge in [0.1, 0.15) is 6.04 Å². The molecule has 4 saturated carbocycles. The van der Waals surface area contributed by atoms with E-state index >= 15 is 0 Å². The van der Waals surface area contributed by atoms with E-state index in [2.05, 4.69) is 32.6 Å². The number of carbonyl (C=O) groups excluding carboxylic acids is 3. The summed E-state index contributed by atoms with van der Waals surface area (Å²) in [4.78, 5) is 69.3. The van der Waals surface area contributed by atoms with Crippen LogP contribution in [-0.2, 0) is 35.3 Å². The summed E-state index contributed by atoms with van der Waals surface area (Å²) in [5, 5.41) is 10.3. The fourth-order valence-corrected chi connectivity index (χ4v) is 13.2. The number of aryl methyl sites for hydroxylation is 1. The van der Waals surface area contributed by atoms with Gasteiger partial charge < -0.3 is 23.4 Å². The Kier molecular flexibility index (Phi) is 8.67. The van der Waals surface area contributed by atoms with Crippen molar-refractivity contribution >= 4 is 23.7 Å². The Morgan fingerprint density at radius 1 is 0.942 bits per heavy atom. The smallest absolute Gasteiger partial charge is 0.481 e. The van der Waals surface area contributed by atoms with Crippen molar-refractivity contribution in [2.24, 2.45) is 50.2 Å². The molecule has 1 N–H and O–H groups in total. The molecule has 6 aliphatic rings. The zero-order valence-electron chi connectivity index (χ0n) is 32.2. The lowest BCUT2D eigenvalue weighted by atomic mass is 9.33. The predicted octanol–water partition coefficient (Wildman–Crippen LogP) is 6.64. The molecule has 0 bridgehead atoms. The Labute approximate surface area is 306 Å². The highest BCUT2D eigenvalue weighted by Crippen LogP contribution is 2.75. The van der Waals surface area contributed by atoms with Gasteiger partial charge in [0.15, 0.2) is 23.9 Å². The third kappa shape index (κ3) is 5.02.